The van der Waals surface area contributed by atoms with Crippen molar-refractivity contribution >= 4 is 0 Å². The van der Waals surface area contributed by atoms with Gasteiger partial charge in [-0.05, 0) is 30.2 Å². The molecule has 0 amide bonds. The van der Waals surface area contributed by atoms with E-state index in [2.05, 4.69) is 31.0 Å². The number of rotatable bonds is 3. The number of benzene rings is 1. The van der Waals surface area contributed by atoms with E-state index in [9.17, 15) is 13.2 Å². The summed E-state index contributed by atoms with van der Waals surface area (Å²) in [4.78, 5) is 0. The van der Waals surface area contributed by atoms with Crippen LogP contribution in [-0.4, -0.2) is 15.3 Å². The molecular weight excluding hydrogens is 297 g/mol. The molecule has 4 nitrogen and oxygen atoms in total. The molecule has 0 bridgehead atoms. The minimum Gasteiger partial charge on any atom is -0.418 e. The highest BCUT2D eigenvalue weighted by Gasteiger charge is 2.30. The van der Waals surface area contributed by atoms with E-state index in [1.54, 1.807) is 0 Å². The van der Waals surface area contributed by atoms with Crippen molar-refractivity contribution in [2.75, 3.05) is 0 Å². The minimum absolute atomic E-state index is 0.0138. The maximum Gasteiger partial charge on any atom is 0.416 e. The predicted octanol–water partition coefficient (Wildman–Crippen LogP) is 4.30. The summed E-state index contributed by atoms with van der Waals surface area (Å²) in [6.45, 7) is 6.23. The molecule has 22 heavy (non-hydrogen) atoms. The summed E-state index contributed by atoms with van der Waals surface area (Å²) in [6, 6.07) is 4.32. The van der Waals surface area contributed by atoms with Gasteiger partial charge in [-0.3, -0.25) is 0 Å². The van der Waals surface area contributed by atoms with Crippen LogP contribution in [0.25, 0.3) is 11.5 Å². The molecule has 1 aromatic heterocycles. The number of alkyl halides is 3. The SMILES string of the molecule is CCC(C)C.OCc1nnc(-c2ccc(C(F)(F)F)cc2)o1. The molecule has 0 spiro atoms. The van der Waals surface area contributed by atoms with E-state index < -0.39 is 18.3 Å². The number of nitrogens with zero attached hydrogens (tertiary/aromatic N) is 2. The lowest BCUT2D eigenvalue weighted by molar-refractivity contribution is -0.137. The Labute approximate surface area is 127 Å². The summed E-state index contributed by atoms with van der Waals surface area (Å²) in [5.41, 5.74) is -0.381. The quantitative estimate of drug-likeness (QED) is 0.917. The molecule has 0 saturated carbocycles. The first kappa shape index (κ1) is 18.2. The van der Waals surface area contributed by atoms with Gasteiger partial charge in [0.1, 0.15) is 6.61 Å². The summed E-state index contributed by atoms with van der Waals surface area (Å²) < 4.78 is 41.9. The van der Waals surface area contributed by atoms with Gasteiger partial charge in [0.15, 0.2) is 0 Å². The van der Waals surface area contributed by atoms with E-state index in [4.69, 9.17) is 9.52 Å². The summed E-state index contributed by atoms with van der Waals surface area (Å²) in [5.74, 6) is 0.970. The Kier molecular flexibility index (Phi) is 6.55. The van der Waals surface area contributed by atoms with Crippen molar-refractivity contribution in [3.63, 3.8) is 0 Å². The van der Waals surface area contributed by atoms with Gasteiger partial charge >= 0.3 is 6.18 Å². The van der Waals surface area contributed by atoms with Gasteiger partial charge < -0.3 is 9.52 Å². The van der Waals surface area contributed by atoms with Crippen molar-refractivity contribution in [2.45, 2.75) is 40.0 Å². The Balaban J connectivity index is 0.000000422. The molecule has 0 radical (unpaired) electrons. The zero-order valence-corrected chi connectivity index (χ0v) is 12.7. The first-order valence-electron chi connectivity index (χ1n) is 6.88. The highest BCUT2D eigenvalue weighted by Crippen LogP contribution is 2.30. The Morgan fingerprint density at radius 3 is 2.05 bits per heavy atom. The standard InChI is InChI=1S/C10H7F3N2O2.C5H12/c11-10(12,13)7-3-1-6(2-4-7)9-15-14-8(5-16)17-9;1-4-5(2)3/h1-4,16H,5H2;5H,4H2,1-3H3. The normalized spacial score (nSPS) is 11.3. The van der Waals surface area contributed by atoms with Crippen molar-refractivity contribution in [3.05, 3.63) is 35.7 Å². The molecule has 0 atom stereocenters. The minimum atomic E-state index is -4.37. The van der Waals surface area contributed by atoms with Gasteiger partial charge in [-0.1, -0.05) is 27.2 Å². The van der Waals surface area contributed by atoms with Crippen LogP contribution >= 0.6 is 0 Å². The maximum absolute atomic E-state index is 12.3. The third-order valence-corrected chi connectivity index (χ3v) is 2.88. The number of aliphatic hydroxyl groups is 1. The first-order valence-corrected chi connectivity index (χ1v) is 6.88. The molecule has 0 fully saturated rings. The molecule has 0 aliphatic carbocycles. The zero-order chi connectivity index (χ0) is 16.8. The second kappa shape index (κ2) is 7.93. The van der Waals surface area contributed by atoms with E-state index in [0.29, 0.717) is 5.56 Å². The van der Waals surface area contributed by atoms with Crippen LogP contribution in [0.3, 0.4) is 0 Å². The van der Waals surface area contributed by atoms with Gasteiger partial charge in [-0.15, -0.1) is 10.2 Å². The lowest BCUT2D eigenvalue weighted by Gasteiger charge is -2.05. The Bertz CT molecular complexity index is 563. The zero-order valence-electron chi connectivity index (χ0n) is 12.7. The summed E-state index contributed by atoms with van der Waals surface area (Å²) in [5, 5.41) is 15.8. The van der Waals surface area contributed by atoms with Crippen LogP contribution in [-0.2, 0) is 12.8 Å². The highest BCUT2D eigenvalue weighted by atomic mass is 19.4. The fourth-order valence-electron chi connectivity index (χ4n) is 1.24. The summed E-state index contributed by atoms with van der Waals surface area (Å²) >= 11 is 0. The molecule has 0 unspecified atom stereocenters. The van der Waals surface area contributed by atoms with E-state index in [0.717, 1.165) is 18.1 Å². The molecule has 7 heteroatoms. The van der Waals surface area contributed by atoms with Crippen molar-refractivity contribution in [1.82, 2.24) is 10.2 Å². The Hall–Kier alpha value is -1.89. The molecule has 1 aromatic carbocycles. The van der Waals surface area contributed by atoms with Crippen LogP contribution < -0.4 is 0 Å². The average Bonchev–Trinajstić information content (AvgIpc) is 2.96. The van der Waals surface area contributed by atoms with Crippen molar-refractivity contribution < 1.29 is 22.7 Å². The number of hydrogen-bond donors (Lipinski definition) is 1. The van der Waals surface area contributed by atoms with Crippen LogP contribution in [0.2, 0.25) is 0 Å². The largest absolute Gasteiger partial charge is 0.418 e. The van der Waals surface area contributed by atoms with Gasteiger partial charge in [-0.25, -0.2) is 0 Å². The third-order valence-electron chi connectivity index (χ3n) is 2.88. The van der Waals surface area contributed by atoms with Crippen LogP contribution in [0.4, 0.5) is 13.2 Å². The number of aliphatic hydroxyl groups excluding tert-OH is 1. The fraction of sp³-hybridized carbons (Fsp3) is 0.467. The van der Waals surface area contributed by atoms with Crippen LogP contribution in [0.5, 0.6) is 0 Å². The molecule has 2 aromatic rings. The van der Waals surface area contributed by atoms with E-state index in [1.807, 2.05) is 0 Å². The number of aromatic nitrogens is 2. The van der Waals surface area contributed by atoms with E-state index in [-0.39, 0.29) is 11.8 Å². The molecule has 0 aliphatic heterocycles. The fourth-order valence-corrected chi connectivity index (χ4v) is 1.24. The van der Waals surface area contributed by atoms with Crippen molar-refractivity contribution in [1.29, 1.82) is 0 Å². The Morgan fingerprint density at radius 1 is 1.14 bits per heavy atom. The van der Waals surface area contributed by atoms with E-state index in [1.165, 1.54) is 18.6 Å². The van der Waals surface area contributed by atoms with Gasteiger partial charge in [0, 0.05) is 5.56 Å². The molecule has 0 saturated heterocycles. The third kappa shape index (κ3) is 5.48. The molecular formula is C15H19F3N2O2. The van der Waals surface area contributed by atoms with Crippen LogP contribution in [0.15, 0.2) is 28.7 Å². The second-order valence-corrected chi connectivity index (χ2v) is 5.04. The van der Waals surface area contributed by atoms with Crippen molar-refractivity contribution in [3.8, 4) is 11.5 Å². The average molecular weight is 316 g/mol. The van der Waals surface area contributed by atoms with Gasteiger partial charge in [0.25, 0.3) is 0 Å². The second-order valence-electron chi connectivity index (χ2n) is 5.04. The Morgan fingerprint density at radius 2 is 1.68 bits per heavy atom. The van der Waals surface area contributed by atoms with Gasteiger partial charge in [0.05, 0.1) is 5.56 Å². The maximum atomic E-state index is 12.3. The summed E-state index contributed by atoms with van der Waals surface area (Å²) in [7, 11) is 0. The van der Waals surface area contributed by atoms with Crippen LogP contribution in [0, 0.1) is 5.92 Å². The molecule has 1 heterocycles. The van der Waals surface area contributed by atoms with Crippen molar-refractivity contribution in [2.24, 2.45) is 5.92 Å². The molecule has 122 valence electrons. The van der Waals surface area contributed by atoms with Crippen LogP contribution in [0.1, 0.15) is 38.6 Å². The van der Waals surface area contributed by atoms with Gasteiger partial charge in [-0.2, -0.15) is 13.2 Å². The molecule has 1 N–H and O–H groups in total. The lowest BCUT2D eigenvalue weighted by atomic mass is 10.1. The molecule has 2 rings (SSSR count). The summed E-state index contributed by atoms with van der Waals surface area (Å²) in [6.07, 6.45) is -3.07. The lowest BCUT2D eigenvalue weighted by Crippen LogP contribution is -2.03. The number of halogens is 3. The monoisotopic (exact) mass is 316 g/mol. The van der Waals surface area contributed by atoms with E-state index >= 15 is 0 Å². The topological polar surface area (TPSA) is 59.2 Å². The molecule has 0 aliphatic rings. The first-order chi connectivity index (χ1) is 10.3. The van der Waals surface area contributed by atoms with Gasteiger partial charge in [0.2, 0.25) is 11.8 Å². The highest BCUT2D eigenvalue weighted by molar-refractivity contribution is 5.53. The predicted molar refractivity (Wildman–Crippen MR) is 75.8 cm³/mol. The number of hydrogen-bond acceptors (Lipinski definition) is 4. The smallest absolute Gasteiger partial charge is 0.416 e.